The summed E-state index contributed by atoms with van der Waals surface area (Å²) in [5.41, 5.74) is 11.7. The van der Waals surface area contributed by atoms with Crippen molar-refractivity contribution in [2.24, 2.45) is 23.3 Å². The molecule has 0 saturated heterocycles. The molecule has 0 aromatic carbocycles. The van der Waals surface area contributed by atoms with Crippen LogP contribution in [-0.2, 0) is 4.79 Å². The lowest BCUT2D eigenvalue weighted by Crippen LogP contribution is -2.32. The molecule has 0 fully saturated rings. The lowest BCUT2D eigenvalue weighted by atomic mass is 9.81. The third kappa shape index (κ3) is 18.9. The van der Waals surface area contributed by atoms with Gasteiger partial charge in [-0.1, -0.05) is 136 Å². The summed E-state index contributed by atoms with van der Waals surface area (Å²) in [4.78, 5) is 11.0. The van der Waals surface area contributed by atoms with Crippen molar-refractivity contribution in [3.63, 3.8) is 0 Å². The van der Waals surface area contributed by atoms with Crippen molar-refractivity contribution in [1.82, 2.24) is 0 Å². The predicted molar refractivity (Wildman–Crippen MR) is 140 cm³/mol. The minimum Gasteiger partial charge on any atom is -0.480 e. The molecule has 4 heteroatoms. The Kier molecular flexibility index (Phi) is 23.1. The Morgan fingerprint density at radius 1 is 0.594 bits per heavy atom. The van der Waals surface area contributed by atoms with Gasteiger partial charge in [0.2, 0.25) is 0 Å². The molecule has 0 saturated carbocycles. The van der Waals surface area contributed by atoms with Crippen LogP contribution in [0, 0.1) is 11.8 Å². The van der Waals surface area contributed by atoms with Gasteiger partial charge in [-0.15, -0.1) is 0 Å². The van der Waals surface area contributed by atoms with E-state index in [1.807, 2.05) is 0 Å². The molecule has 0 aliphatic heterocycles. The van der Waals surface area contributed by atoms with Crippen molar-refractivity contribution in [1.29, 1.82) is 0 Å². The zero-order chi connectivity index (χ0) is 23.9. The molecule has 0 radical (unpaired) electrons. The third-order valence-corrected chi connectivity index (χ3v) is 7.22. The molecule has 2 unspecified atom stereocenters. The SMILES string of the molecule is CCCCCCCCCCCCCCCCCCC(CCC)C(CN)CC[C@H](N)C(=O)O. The van der Waals surface area contributed by atoms with Crippen LogP contribution in [0.3, 0.4) is 0 Å². The van der Waals surface area contributed by atoms with E-state index in [2.05, 4.69) is 13.8 Å². The van der Waals surface area contributed by atoms with Crippen LogP contribution in [0.15, 0.2) is 0 Å². The Morgan fingerprint density at radius 2 is 1.03 bits per heavy atom. The van der Waals surface area contributed by atoms with E-state index in [0.717, 1.165) is 6.42 Å². The molecule has 32 heavy (non-hydrogen) atoms. The average Bonchev–Trinajstić information content (AvgIpc) is 2.78. The van der Waals surface area contributed by atoms with Crippen molar-refractivity contribution in [3.8, 4) is 0 Å². The normalized spacial score (nSPS) is 14.4. The van der Waals surface area contributed by atoms with Crippen molar-refractivity contribution < 1.29 is 9.90 Å². The molecule has 192 valence electrons. The van der Waals surface area contributed by atoms with Crippen LogP contribution in [-0.4, -0.2) is 23.7 Å². The first-order valence-electron chi connectivity index (χ1n) is 14.2. The molecular weight excluding hydrogens is 396 g/mol. The summed E-state index contributed by atoms with van der Waals surface area (Å²) >= 11 is 0. The van der Waals surface area contributed by atoms with Crippen molar-refractivity contribution in [2.75, 3.05) is 6.54 Å². The van der Waals surface area contributed by atoms with E-state index in [1.165, 1.54) is 122 Å². The number of carbonyl (C=O) groups is 1. The fraction of sp³-hybridized carbons (Fsp3) is 0.964. The maximum atomic E-state index is 11.0. The van der Waals surface area contributed by atoms with E-state index in [-0.39, 0.29) is 0 Å². The van der Waals surface area contributed by atoms with Gasteiger partial charge >= 0.3 is 5.97 Å². The molecule has 0 heterocycles. The number of aliphatic carboxylic acids is 1. The van der Waals surface area contributed by atoms with Crippen LogP contribution in [0.4, 0.5) is 0 Å². The van der Waals surface area contributed by atoms with Crippen LogP contribution in [0.2, 0.25) is 0 Å². The predicted octanol–water partition coefficient (Wildman–Crippen LogP) is 7.82. The van der Waals surface area contributed by atoms with Gasteiger partial charge in [0.05, 0.1) is 0 Å². The molecule has 0 rings (SSSR count). The summed E-state index contributed by atoms with van der Waals surface area (Å²) in [6, 6.07) is -0.748. The summed E-state index contributed by atoms with van der Waals surface area (Å²) < 4.78 is 0. The quantitative estimate of drug-likeness (QED) is 0.123. The highest BCUT2D eigenvalue weighted by atomic mass is 16.4. The molecule has 4 nitrogen and oxygen atoms in total. The average molecular weight is 455 g/mol. The van der Waals surface area contributed by atoms with Gasteiger partial charge in [-0.2, -0.15) is 0 Å². The standard InChI is InChI=1S/C28H58N2O2/c1-3-5-6-7-8-9-10-11-12-13-14-15-16-17-18-19-21-25(20-4-2)26(24-29)22-23-27(30)28(31)32/h25-27H,3-24,29-30H2,1-2H3,(H,31,32)/t25?,26?,27-/m0/s1. The topological polar surface area (TPSA) is 89.3 Å². The minimum absolute atomic E-state index is 0.414. The van der Waals surface area contributed by atoms with E-state index in [9.17, 15) is 4.79 Å². The van der Waals surface area contributed by atoms with Gasteiger partial charge < -0.3 is 16.6 Å². The summed E-state index contributed by atoms with van der Waals surface area (Å²) in [5.74, 6) is 0.139. The third-order valence-electron chi connectivity index (χ3n) is 7.22. The highest BCUT2D eigenvalue weighted by Crippen LogP contribution is 2.28. The van der Waals surface area contributed by atoms with E-state index >= 15 is 0 Å². The highest BCUT2D eigenvalue weighted by molar-refractivity contribution is 5.72. The Morgan fingerprint density at radius 3 is 1.41 bits per heavy atom. The Bertz CT molecular complexity index is 403. The molecule has 0 aromatic rings. The second-order valence-corrected chi connectivity index (χ2v) is 10.2. The van der Waals surface area contributed by atoms with Crippen LogP contribution in [0.5, 0.6) is 0 Å². The number of nitrogens with two attached hydrogens (primary N) is 2. The van der Waals surface area contributed by atoms with E-state index in [4.69, 9.17) is 16.6 Å². The molecular formula is C28H58N2O2. The smallest absolute Gasteiger partial charge is 0.320 e. The lowest BCUT2D eigenvalue weighted by molar-refractivity contribution is -0.138. The summed E-state index contributed by atoms with van der Waals surface area (Å²) in [7, 11) is 0. The first kappa shape index (κ1) is 31.4. The van der Waals surface area contributed by atoms with Crippen LogP contribution in [0.1, 0.15) is 149 Å². The van der Waals surface area contributed by atoms with E-state index < -0.39 is 12.0 Å². The van der Waals surface area contributed by atoms with Crippen LogP contribution >= 0.6 is 0 Å². The fourth-order valence-electron chi connectivity index (χ4n) is 5.00. The summed E-state index contributed by atoms with van der Waals surface area (Å²) in [6.07, 6.45) is 27.4. The first-order valence-corrected chi connectivity index (χ1v) is 14.2. The van der Waals surface area contributed by atoms with Crippen LogP contribution in [0.25, 0.3) is 0 Å². The fourth-order valence-corrected chi connectivity index (χ4v) is 5.00. The summed E-state index contributed by atoms with van der Waals surface area (Å²) in [6.45, 7) is 5.17. The number of carboxylic acids is 1. The number of carboxylic acid groups (broad SMARTS) is 1. The van der Waals surface area contributed by atoms with Gasteiger partial charge in [0.1, 0.15) is 6.04 Å². The van der Waals surface area contributed by atoms with Gasteiger partial charge in [0, 0.05) is 0 Å². The van der Waals surface area contributed by atoms with Crippen molar-refractivity contribution in [3.05, 3.63) is 0 Å². The van der Waals surface area contributed by atoms with Gasteiger partial charge in [0.25, 0.3) is 0 Å². The second kappa shape index (κ2) is 23.5. The molecule has 0 amide bonds. The molecule has 0 aromatic heterocycles. The summed E-state index contributed by atoms with van der Waals surface area (Å²) in [5, 5.41) is 9.01. The van der Waals surface area contributed by atoms with E-state index in [1.54, 1.807) is 0 Å². The van der Waals surface area contributed by atoms with Crippen molar-refractivity contribution in [2.45, 2.75) is 155 Å². The molecule has 0 bridgehead atoms. The largest absolute Gasteiger partial charge is 0.480 e. The molecule has 3 atom stereocenters. The highest BCUT2D eigenvalue weighted by Gasteiger charge is 2.21. The zero-order valence-electron chi connectivity index (χ0n) is 21.8. The van der Waals surface area contributed by atoms with Crippen molar-refractivity contribution >= 4 is 5.97 Å². The number of hydrogen-bond acceptors (Lipinski definition) is 3. The van der Waals surface area contributed by atoms with E-state index in [0.29, 0.717) is 24.8 Å². The maximum Gasteiger partial charge on any atom is 0.320 e. The monoisotopic (exact) mass is 454 g/mol. The number of unbranched alkanes of at least 4 members (excludes halogenated alkanes) is 15. The van der Waals surface area contributed by atoms with Crippen LogP contribution < -0.4 is 11.5 Å². The Hall–Kier alpha value is -0.610. The number of hydrogen-bond donors (Lipinski definition) is 3. The Labute approximate surface area is 200 Å². The molecule has 0 aliphatic rings. The lowest BCUT2D eigenvalue weighted by Gasteiger charge is -2.26. The molecule has 0 aliphatic carbocycles. The molecule has 5 N–H and O–H groups in total. The molecule has 0 spiro atoms. The first-order chi connectivity index (χ1) is 15.6. The zero-order valence-corrected chi connectivity index (χ0v) is 21.8. The van der Waals surface area contributed by atoms with Gasteiger partial charge in [-0.3, -0.25) is 4.79 Å². The Balaban J connectivity index is 3.66. The van der Waals surface area contributed by atoms with Gasteiger partial charge in [-0.05, 0) is 31.2 Å². The maximum absolute atomic E-state index is 11.0. The minimum atomic E-state index is -0.898. The van der Waals surface area contributed by atoms with Gasteiger partial charge in [0.15, 0.2) is 0 Å². The van der Waals surface area contributed by atoms with Gasteiger partial charge in [-0.25, -0.2) is 0 Å². The number of rotatable bonds is 25. The second-order valence-electron chi connectivity index (χ2n) is 10.2.